The van der Waals surface area contributed by atoms with E-state index < -0.39 is 10.0 Å². The van der Waals surface area contributed by atoms with Gasteiger partial charge in [0.25, 0.3) is 0 Å². The zero-order valence-electron chi connectivity index (χ0n) is 13.1. The number of likely N-dealkylation sites (tertiary alicyclic amines) is 1. The molecule has 0 atom stereocenters. The minimum absolute atomic E-state index is 0.402. The van der Waals surface area contributed by atoms with Gasteiger partial charge in [0.05, 0.1) is 18.1 Å². The molecule has 5 nitrogen and oxygen atoms in total. The highest BCUT2D eigenvalue weighted by Gasteiger charge is 2.28. The molecule has 2 fully saturated rings. The maximum atomic E-state index is 12.7. The van der Waals surface area contributed by atoms with Gasteiger partial charge in [-0.2, -0.15) is 4.31 Å². The van der Waals surface area contributed by atoms with Crippen LogP contribution in [0.4, 0.5) is 0 Å². The van der Waals surface area contributed by atoms with Gasteiger partial charge in [-0.05, 0) is 23.6 Å². The molecule has 3 rings (SSSR count). The number of rotatable bonds is 5. The van der Waals surface area contributed by atoms with Crippen molar-refractivity contribution in [3.05, 3.63) is 29.8 Å². The fourth-order valence-corrected chi connectivity index (χ4v) is 4.54. The third kappa shape index (κ3) is 3.35. The number of nitrogens with zero attached hydrogens (tertiary/aromatic N) is 2. The van der Waals surface area contributed by atoms with Crippen molar-refractivity contribution in [1.82, 2.24) is 9.21 Å². The smallest absolute Gasteiger partial charge is 0.243 e. The lowest BCUT2D eigenvalue weighted by atomic mass is 9.97. The van der Waals surface area contributed by atoms with E-state index in [0.29, 0.717) is 31.2 Å². The second-order valence-electron chi connectivity index (χ2n) is 6.13. The molecular weight excluding hydrogens is 300 g/mol. The summed E-state index contributed by atoms with van der Waals surface area (Å²) in [5.74, 6) is 0.806. The van der Waals surface area contributed by atoms with Crippen LogP contribution in [0.3, 0.4) is 0 Å². The summed E-state index contributed by atoms with van der Waals surface area (Å²) < 4.78 is 32.1. The van der Waals surface area contributed by atoms with Gasteiger partial charge in [-0.1, -0.05) is 25.5 Å². The molecule has 0 radical (unpaired) electrons. The van der Waals surface area contributed by atoms with Crippen molar-refractivity contribution in [3.8, 4) is 0 Å². The third-order valence-corrected chi connectivity index (χ3v) is 6.42. The van der Waals surface area contributed by atoms with E-state index in [1.165, 1.54) is 10.7 Å². The Morgan fingerprint density at radius 2 is 1.95 bits per heavy atom. The van der Waals surface area contributed by atoms with Gasteiger partial charge in [0.2, 0.25) is 10.0 Å². The van der Waals surface area contributed by atoms with Crippen molar-refractivity contribution >= 4 is 10.0 Å². The molecule has 0 aliphatic carbocycles. The second kappa shape index (κ2) is 6.66. The fraction of sp³-hybridized carbons (Fsp3) is 0.625. The van der Waals surface area contributed by atoms with E-state index in [4.69, 9.17) is 4.74 Å². The van der Waals surface area contributed by atoms with E-state index in [9.17, 15) is 8.42 Å². The number of sulfonamides is 1. The highest BCUT2D eigenvalue weighted by atomic mass is 32.2. The van der Waals surface area contributed by atoms with E-state index >= 15 is 0 Å². The van der Waals surface area contributed by atoms with E-state index in [-0.39, 0.29) is 0 Å². The predicted molar refractivity (Wildman–Crippen MR) is 85.1 cm³/mol. The van der Waals surface area contributed by atoms with Crippen LogP contribution in [0.2, 0.25) is 0 Å². The zero-order valence-corrected chi connectivity index (χ0v) is 13.9. The van der Waals surface area contributed by atoms with Gasteiger partial charge in [0.1, 0.15) is 0 Å². The molecule has 6 heteroatoms. The highest BCUT2D eigenvalue weighted by Crippen LogP contribution is 2.23. The van der Waals surface area contributed by atoms with Crippen LogP contribution in [0, 0.1) is 5.92 Å². The van der Waals surface area contributed by atoms with Crippen LogP contribution in [-0.4, -0.2) is 57.0 Å². The van der Waals surface area contributed by atoms with Gasteiger partial charge in [0.15, 0.2) is 0 Å². The minimum Gasteiger partial charge on any atom is -0.379 e. The summed E-state index contributed by atoms with van der Waals surface area (Å²) in [5, 5.41) is 0. The van der Waals surface area contributed by atoms with Gasteiger partial charge in [-0.15, -0.1) is 0 Å². The number of morpholine rings is 1. The first kappa shape index (κ1) is 15.9. The van der Waals surface area contributed by atoms with Gasteiger partial charge in [-0.25, -0.2) is 8.42 Å². The number of hydrogen-bond acceptors (Lipinski definition) is 4. The third-order valence-electron chi connectivity index (χ3n) is 4.52. The predicted octanol–water partition coefficient (Wildman–Crippen LogP) is 1.55. The average Bonchev–Trinajstić information content (AvgIpc) is 2.51. The Labute approximate surface area is 132 Å². The van der Waals surface area contributed by atoms with Crippen LogP contribution in [0.1, 0.15) is 18.9 Å². The summed E-state index contributed by atoms with van der Waals surface area (Å²) in [6, 6.07) is 7.38. The lowest BCUT2D eigenvalue weighted by Crippen LogP contribution is -2.45. The first-order valence-corrected chi connectivity index (χ1v) is 9.43. The molecular formula is C16H24N2O3S. The summed E-state index contributed by atoms with van der Waals surface area (Å²) >= 11 is 0. The summed E-state index contributed by atoms with van der Waals surface area (Å²) in [6.45, 7) is 7.14. The molecule has 0 unspecified atom stereocenters. The summed E-state index contributed by atoms with van der Waals surface area (Å²) in [5.41, 5.74) is 1.07. The molecule has 2 aliphatic rings. The highest BCUT2D eigenvalue weighted by molar-refractivity contribution is 7.89. The van der Waals surface area contributed by atoms with Crippen LogP contribution in [0.25, 0.3) is 0 Å². The van der Waals surface area contributed by atoms with Crippen molar-refractivity contribution in [3.63, 3.8) is 0 Å². The lowest BCUT2D eigenvalue weighted by Gasteiger charge is -2.39. The standard InChI is InChI=1S/C16H24N2O3S/c1-2-14-11-17(12-14)13-15-4-3-5-16(10-15)22(19,20)18-6-8-21-9-7-18/h3-5,10,14H,2,6-9,11-13H2,1H3. The van der Waals surface area contributed by atoms with E-state index in [0.717, 1.165) is 31.1 Å². The molecule has 122 valence electrons. The number of ether oxygens (including phenoxy) is 1. The molecule has 1 aromatic carbocycles. The largest absolute Gasteiger partial charge is 0.379 e. The molecule has 0 aromatic heterocycles. The lowest BCUT2D eigenvalue weighted by molar-refractivity contribution is 0.0730. The maximum Gasteiger partial charge on any atom is 0.243 e. The van der Waals surface area contributed by atoms with Crippen LogP contribution < -0.4 is 0 Å². The first-order chi connectivity index (χ1) is 10.6. The molecule has 0 bridgehead atoms. The maximum absolute atomic E-state index is 12.7. The van der Waals surface area contributed by atoms with Crippen molar-refractivity contribution in [2.24, 2.45) is 5.92 Å². The Bertz CT molecular complexity index is 606. The summed E-state index contributed by atoms with van der Waals surface area (Å²) in [4.78, 5) is 2.77. The monoisotopic (exact) mass is 324 g/mol. The SMILES string of the molecule is CCC1CN(Cc2cccc(S(=O)(=O)N3CCOCC3)c2)C1. The topological polar surface area (TPSA) is 49.9 Å². The molecule has 22 heavy (non-hydrogen) atoms. The summed E-state index contributed by atoms with van der Waals surface area (Å²) in [6.07, 6.45) is 1.22. The van der Waals surface area contributed by atoms with Gasteiger partial charge in [-0.3, -0.25) is 4.90 Å². The average molecular weight is 324 g/mol. The van der Waals surface area contributed by atoms with E-state index in [2.05, 4.69) is 11.8 Å². The number of benzene rings is 1. The first-order valence-electron chi connectivity index (χ1n) is 7.99. The molecule has 2 saturated heterocycles. The van der Waals surface area contributed by atoms with Crippen LogP contribution >= 0.6 is 0 Å². The van der Waals surface area contributed by atoms with E-state index in [1.807, 2.05) is 18.2 Å². The van der Waals surface area contributed by atoms with Gasteiger partial charge in [0, 0.05) is 32.7 Å². The molecule has 2 aliphatic heterocycles. The van der Waals surface area contributed by atoms with Crippen molar-refractivity contribution < 1.29 is 13.2 Å². The molecule has 1 aromatic rings. The Morgan fingerprint density at radius 1 is 1.23 bits per heavy atom. The van der Waals surface area contributed by atoms with E-state index in [1.54, 1.807) is 6.07 Å². The second-order valence-corrected chi connectivity index (χ2v) is 8.07. The molecule has 2 heterocycles. The Kier molecular flexibility index (Phi) is 4.82. The van der Waals surface area contributed by atoms with Crippen molar-refractivity contribution in [2.75, 3.05) is 39.4 Å². The zero-order chi connectivity index (χ0) is 15.6. The van der Waals surface area contributed by atoms with Crippen LogP contribution in [0.5, 0.6) is 0 Å². The van der Waals surface area contributed by atoms with Crippen LogP contribution in [-0.2, 0) is 21.3 Å². The van der Waals surface area contributed by atoms with Crippen molar-refractivity contribution in [2.45, 2.75) is 24.8 Å². The molecule has 0 saturated carbocycles. The van der Waals surface area contributed by atoms with Gasteiger partial charge < -0.3 is 4.74 Å². The Morgan fingerprint density at radius 3 is 2.64 bits per heavy atom. The molecule has 0 N–H and O–H groups in total. The fourth-order valence-electron chi connectivity index (χ4n) is 3.06. The molecule has 0 amide bonds. The normalized spacial score (nSPS) is 21.7. The Hall–Kier alpha value is -0.950. The number of hydrogen-bond donors (Lipinski definition) is 0. The minimum atomic E-state index is -3.39. The molecule has 0 spiro atoms. The van der Waals surface area contributed by atoms with Crippen LogP contribution in [0.15, 0.2) is 29.2 Å². The van der Waals surface area contributed by atoms with Gasteiger partial charge >= 0.3 is 0 Å². The quantitative estimate of drug-likeness (QED) is 0.824. The summed E-state index contributed by atoms with van der Waals surface area (Å²) in [7, 11) is -3.39. The van der Waals surface area contributed by atoms with Crippen molar-refractivity contribution in [1.29, 1.82) is 0 Å². The Balaban J connectivity index is 1.70.